The van der Waals surface area contributed by atoms with E-state index in [0.29, 0.717) is 16.5 Å². The number of ether oxygens (including phenoxy) is 1. The second-order valence-electron chi connectivity index (χ2n) is 8.77. The lowest BCUT2D eigenvalue weighted by atomic mass is 10.1. The van der Waals surface area contributed by atoms with Gasteiger partial charge < -0.3 is 14.5 Å². The van der Waals surface area contributed by atoms with Crippen molar-refractivity contribution in [2.45, 2.75) is 16.3 Å². The van der Waals surface area contributed by atoms with Crippen molar-refractivity contribution in [3.63, 3.8) is 0 Å². The lowest BCUT2D eigenvalue weighted by Gasteiger charge is -2.34. The summed E-state index contributed by atoms with van der Waals surface area (Å²) in [5.74, 6) is 0.682. The summed E-state index contributed by atoms with van der Waals surface area (Å²) in [6, 6.07) is 22.5. The summed E-state index contributed by atoms with van der Waals surface area (Å²) in [5.41, 5.74) is 2.88. The summed E-state index contributed by atoms with van der Waals surface area (Å²) in [4.78, 5) is 7.34. The number of quaternary nitrogens is 1. The molecule has 0 unspecified atom stereocenters. The molecule has 1 aromatic heterocycles. The van der Waals surface area contributed by atoms with Gasteiger partial charge in [-0.3, -0.25) is 0 Å². The molecule has 2 heterocycles. The molecule has 35 heavy (non-hydrogen) atoms. The predicted octanol–water partition coefficient (Wildman–Crippen LogP) is 3.05. The van der Waals surface area contributed by atoms with Crippen LogP contribution in [0.2, 0.25) is 5.02 Å². The fourth-order valence-corrected chi connectivity index (χ4v) is 6.28. The quantitative estimate of drug-likeness (QED) is 0.434. The molecule has 0 atom stereocenters. The van der Waals surface area contributed by atoms with Gasteiger partial charge in [-0.15, -0.1) is 0 Å². The van der Waals surface area contributed by atoms with E-state index in [1.807, 2.05) is 24.3 Å². The van der Waals surface area contributed by atoms with Gasteiger partial charge in [0.1, 0.15) is 12.3 Å². The van der Waals surface area contributed by atoms with Crippen molar-refractivity contribution in [2.24, 2.45) is 0 Å². The summed E-state index contributed by atoms with van der Waals surface area (Å²) >= 11 is 6.02. The first-order valence-electron chi connectivity index (χ1n) is 11.6. The SMILES string of the molecule is COc1ccc2[nH+]cc(S(=O)(=O)c3ccc(Cl)cc3)c(N3CC[NH+](Cc4ccccc4)CC3)c2c1. The third-order valence-electron chi connectivity index (χ3n) is 6.57. The zero-order chi connectivity index (χ0) is 24.4. The molecule has 0 bridgehead atoms. The number of aromatic amines is 1. The zero-order valence-corrected chi connectivity index (χ0v) is 21.1. The van der Waals surface area contributed by atoms with Gasteiger partial charge in [-0.1, -0.05) is 41.9 Å². The van der Waals surface area contributed by atoms with E-state index in [1.165, 1.54) is 10.5 Å². The van der Waals surface area contributed by atoms with Crippen LogP contribution in [0.5, 0.6) is 5.75 Å². The van der Waals surface area contributed by atoms with Crippen molar-refractivity contribution >= 4 is 38.0 Å². The Labute approximate surface area is 210 Å². The largest absolute Gasteiger partial charge is 0.497 e. The second kappa shape index (κ2) is 9.85. The minimum Gasteiger partial charge on any atom is -0.497 e. The van der Waals surface area contributed by atoms with Gasteiger partial charge >= 0.3 is 0 Å². The summed E-state index contributed by atoms with van der Waals surface area (Å²) < 4.78 is 33.0. The molecule has 0 saturated carbocycles. The average Bonchev–Trinajstić information content (AvgIpc) is 2.89. The number of hydrogen-bond donors (Lipinski definition) is 1. The van der Waals surface area contributed by atoms with E-state index in [-0.39, 0.29) is 9.79 Å². The molecule has 8 heteroatoms. The van der Waals surface area contributed by atoms with E-state index in [0.717, 1.165) is 43.6 Å². The maximum absolute atomic E-state index is 13.8. The lowest BCUT2D eigenvalue weighted by molar-refractivity contribution is -0.914. The molecule has 3 aromatic carbocycles. The first-order valence-corrected chi connectivity index (χ1v) is 13.5. The van der Waals surface area contributed by atoms with E-state index in [4.69, 9.17) is 16.3 Å². The zero-order valence-electron chi connectivity index (χ0n) is 19.5. The fourth-order valence-electron chi connectivity index (χ4n) is 4.70. The molecule has 0 amide bonds. The Morgan fingerprint density at radius 2 is 1.71 bits per heavy atom. The first-order chi connectivity index (χ1) is 17.0. The molecule has 1 fully saturated rings. The number of nitrogens with one attached hydrogen (secondary N) is 2. The van der Waals surface area contributed by atoms with Gasteiger partial charge in [0.05, 0.1) is 49.3 Å². The maximum atomic E-state index is 13.8. The van der Waals surface area contributed by atoms with Gasteiger partial charge in [-0.05, 0) is 36.4 Å². The smallest absolute Gasteiger partial charge is 0.214 e. The molecule has 180 valence electrons. The number of methoxy groups -OCH3 is 1. The molecular formula is C27H28ClN3O3S+2. The van der Waals surface area contributed by atoms with Crippen molar-refractivity contribution in [2.75, 3.05) is 38.2 Å². The number of piperazine rings is 1. The summed E-state index contributed by atoms with van der Waals surface area (Å²) in [7, 11) is -2.17. The van der Waals surface area contributed by atoms with Crippen LogP contribution in [-0.4, -0.2) is 41.7 Å². The number of aromatic nitrogens is 1. The molecule has 0 aliphatic carbocycles. The Bertz CT molecular complexity index is 1440. The normalized spacial score (nSPS) is 14.9. The van der Waals surface area contributed by atoms with Crippen LogP contribution in [0.25, 0.3) is 10.9 Å². The monoisotopic (exact) mass is 509 g/mol. The molecule has 1 aliphatic heterocycles. The Balaban J connectivity index is 1.54. The highest BCUT2D eigenvalue weighted by molar-refractivity contribution is 7.91. The highest BCUT2D eigenvalue weighted by Gasteiger charge is 2.32. The third-order valence-corrected chi connectivity index (χ3v) is 8.61. The number of fused-ring (bicyclic) bond motifs is 1. The Hall–Kier alpha value is -3.13. The van der Waals surface area contributed by atoms with E-state index in [1.54, 1.807) is 37.6 Å². The molecule has 0 radical (unpaired) electrons. The van der Waals surface area contributed by atoms with E-state index in [2.05, 4.69) is 34.1 Å². The van der Waals surface area contributed by atoms with Gasteiger partial charge in [0.2, 0.25) is 15.4 Å². The molecule has 6 nitrogen and oxygen atoms in total. The van der Waals surface area contributed by atoms with Crippen molar-refractivity contribution in [3.8, 4) is 5.75 Å². The Morgan fingerprint density at radius 3 is 2.40 bits per heavy atom. The standard InChI is InChI=1S/C27H26ClN3O3S/c1-34-22-9-12-25-24(17-22)27(26(18-29-25)35(32,33)23-10-7-21(28)8-11-23)31-15-13-30(14-16-31)19-20-5-3-2-4-6-20/h2-12,17-18H,13-16,19H2,1H3/p+2. The van der Waals surface area contributed by atoms with Gasteiger partial charge in [0, 0.05) is 16.7 Å². The maximum Gasteiger partial charge on any atom is 0.214 e. The Morgan fingerprint density at radius 1 is 1.00 bits per heavy atom. The van der Waals surface area contributed by atoms with Crippen LogP contribution in [0.3, 0.4) is 0 Å². The molecule has 1 aliphatic rings. The molecule has 5 rings (SSSR count). The highest BCUT2D eigenvalue weighted by Crippen LogP contribution is 2.36. The highest BCUT2D eigenvalue weighted by atomic mass is 35.5. The number of halogens is 1. The fraction of sp³-hybridized carbons (Fsp3) is 0.222. The van der Waals surface area contributed by atoms with Gasteiger partial charge in [0.25, 0.3) is 0 Å². The number of hydrogen-bond acceptors (Lipinski definition) is 4. The van der Waals surface area contributed by atoms with E-state index < -0.39 is 9.84 Å². The van der Waals surface area contributed by atoms with Crippen LogP contribution in [-0.2, 0) is 16.4 Å². The van der Waals surface area contributed by atoms with Gasteiger partial charge in [-0.25, -0.2) is 13.4 Å². The van der Waals surface area contributed by atoms with Crippen LogP contribution in [0.1, 0.15) is 5.56 Å². The van der Waals surface area contributed by atoms with Crippen molar-refractivity contribution in [1.82, 2.24) is 0 Å². The van der Waals surface area contributed by atoms with Crippen LogP contribution in [0, 0.1) is 0 Å². The minimum atomic E-state index is -3.79. The van der Waals surface area contributed by atoms with Crippen LogP contribution < -0.4 is 19.5 Å². The Kier molecular flexibility index (Phi) is 6.65. The topological polar surface area (TPSA) is 65.2 Å². The number of benzene rings is 3. The summed E-state index contributed by atoms with van der Waals surface area (Å²) in [5, 5.41) is 1.32. The number of rotatable bonds is 6. The van der Waals surface area contributed by atoms with Gasteiger partial charge in [-0.2, -0.15) is 0 Å². The van der Waals surface area contributed by atoms with Crippen molar-refractivity contribution in [3.05, 3.63) is 89.6 Å². The van der Waals surface area contributed by atoms with Crippen molar-refractivity contribution in [1.29, 1.82) is 0 Å². The number of nitrogens with zero attached hydrogens (tertiary/aromatic N) is 1. The minimum absolute atomic E-state index is 0.215. The number of sulfone groups is 1. The summed E-state index contributed by atoms with van der Waals surface area (Å²) in [6.07, 6.45) is 1.61. The van der Waals surface area contributed by atoms with Crippen LogP contribution in [0.4, 0.5) is 5.69 Å². The molecule has 4 aromatic rings. The van der Waals surface area contributed by atoms with E-state index >= 15 is 0 Å². The van der Waals surface area contributed by atoms with Gasteiger partial charge in [0.15, 0.2) is 11.1 Å². The van der Waals surface area contributed by atoms with Crippen molar-refractivity contribution < 1.29 is 23.0 Å². The first kappa shape index (κ1) is 23.6. The van der Waals surface area contributed by atoms with Crippen LogP contribution >= 0.6 is 11.6 Å². The third kappa shape index (κ3) is 4.85. The predicted molar refractivity (Wildman–Crippen MR) is 137 cm³/mol. The molecular weight excluding hydrogens is 482 g/mol. The number of H-pyrrole nitrogens is 1. The van der Waals surface area contributed by atoms with E-state index in [9.17, 15) is 8.42 Å². The molecule has 0 spiro atoms. The van der Waals surface area contributed by atoms with Crippen LogP contribution in [0.15, 0.2) is 88.8 Å². The summed E-state index contributed by atoms with van der Waals surface area (Å²) in [6.45, 7) is 4.30. The molecule has 2 N–H and O–H groups in total. The number of anilines is 1. The molecule has 1 saturated heterocycles. The number of pyridine rings is 1. The average molecular weight is 510 g/mol. The second-order valence-corrected chi connectivity index (χ2v) is 11.1. The lowest BCUT2D eigenvalue weighted by Crippen LogP contribution is -3.13.